The van der Waals surface area contributed by atoms with Gasteiger partial charge in [0, 0.05) is 17.5 Å². The predicted octanol–water partition coefficient (Wildman–Crippen LogP) is 2.44. The number of nitrogens with one attached hydrogen (secondary N) is 3. The number of rotatable bonds is 5. The number of para-hydroxylation sites is 2. The Bertz CT molecular complexity index is 781. The number of quaternary nitrogens is 1. The van der Waals surface area contributed by atoms with Crippen LogP contribution in [0.3, 0.4) is 0 Å². The molecule has 142 valence electrons. The number of hydrogen-bond donors (Lipinski definition) is 3. The minimum absolute atomic E-state index is 0.0498. The second-order valence-corrected chi connectivity index (χ2v) is 7.69. The smallest absolute Gasteiger partial charge is 0.279 e. The Balaban J connectivity index is 1.65. The number of hydrogen-bond acceptors (Lipinski definition) is 2. The van der Waals surface area contributed by atoms with Crippen LogP contribution in [0.25, 0.3) is 0 Å². The van der Waals surface area contributed by atoms with Gasteiger partial charge in [-0.25, -0.2) is 0 Å². The normalized spacial score (nSPS) is 22.1. The van der Waals surface area contributed by atoms with Crippen LogP contribution in [0.15, 0.2) is 54.6 Å². The van der Waals surface area contributed by atoms with Gasteiger partial charge in [-0.05, 0) is 30.7 Å². The van der Waals surface area contributed by atoms with Gasteiger partial charge in [0.25, 0.3) is 11.8 Å². The van der Waals surface area contributed by atoms with E-state index < -0.39 is 0 Å². The molecule has 0 aliphatic carbocycles. The summed E-state index contributed by atoms with van der Waals surface area (Å²) in [6, 6.07) is 16.4. The van der Waals surface area contributed by atoms with Crippen LogP contribution in [0.4, 0.5) is 11.4 Å². The van der Waals surface area contributed by atoms with Crippen molar-refractivity contribution in [3.05, 3.63) is 60.2 Å². The molecular formula is C22H28N3O2+. The van der Waals surface area contributed by atoms with E-state index in [2.05, 4.69) is 24.5 Å². The van der Waals surface area contributed by atoms with Crippen LogP contribution in [0.2, 0.25) is 0 Å². The van der Waals surface area contributed by atoms with E-state index in [9.17, 15) is 9.59 Å². The van der Waals surface area contributed by atoms with Gasteiger partial charge in [0.15, 0.2) is 6.54 Å². The highest BCUT2D eigenvalue weighted by molar-refractivity contribution is 6.10. The molecule has 2 atom stereocenters. The molecule has 0 spiro atoms. The lowest BCUT2D eigenvalue weighted by atomic mass is 9.92. The molecule has 3 N–H and O–H groups in total. The Hall–Kier alpha value is -2.66. The quantitative estimate of drug-likeness (QED) is 0.761. The fraction of sp³-hybridized carbons (Fsp3) is 0.364. The summed E-state index contributed by atoms with van der Waals surface area (Å²) in [5.74, 6) is 0.997. The molecule has 1 fully saturated rings. The average molecular weight is 366 g/mol. The Morgan fingerprint density at radius 2 is 1.56 bits per heavy atom. The highest BCUT2D eigenvalue weighted by Crippen LogP contribution is 2.17. The molecule has 0 bridgehead atoms. The third-order valence-electron chi connectivity index (χ3n) is 4.97. The minimum atomic E-state index is -0.232. The Kier molecular flexibility index (Phi) is 6.24. The maximum Gasteiger partial charge on any atom is 0.279 e. The van der Waals surface area contributed by atoms with E-state index in [0.29, 0.717) is 29.6 Å². The summed E-state index contributed by atoms with van der Waals surface area (Å²) < 4.78 is 0. The molecule has 1 saturated heterocycles. The molecule has 2 aromatic rings. The molecule has 0 unspecified atom stereocenters. The molecule has 2 aromatic carbocycles. The number of piperidine rings is 1. The van der Waals surface area contributed by atoms with Gasteiger partial charge in [-0.3, -0.25) is 9.59 Å². The van der Waals surface area contributed by atoms with Gasteiger partial charge in [0.05, 0.1) is 24.3 Å². The van der Waals surface area contributed by atoms with Crippen molar-refractivity contribution in [1.82, 2.24) is 0 Å². The van der Waals surface area contributed by atoms with E-state index in [1.54, 1.807) is 18.2 Å². The number of likely N-dealkylation sites (tertiary alicyclic amines) is 1. The van der Waals surface area contributed by atoms with Crippen LogP contribution < -0.4 is 15.5 Å². The summed E-state index contributed by atoms with van der Waals surface area (Å²) in [5, 5.41) is 5.80. The molecule has 1 aliphatic heterocycles. The predicted molar refractivity (Wildman–Crippen MR) is 108 cm³/mol. The fourth-order valence-corrected chi connectivity index (χ4v) is 4.00. The van der Waals surface area contributed by atoms with Crippen LogP contribution in [0.1, 0.15) is 30.6 Å². The molecule has 1 aliphatic rings. The van der Waals surface area contributed by atoms with Crippen molar-refractivity contribution in [3.8, 4) is 0 Å². The number of benzene rings is 2. The van der Waals surface area contributed by atoms with Gasteiger partial charge in [-0.15, -0.1) is 0 Å². The zero-order valence-corrected chi connectivity index (χ0v) is 16.0. The molecule has 27 heavy (non-hydrogen) atoms. The Morgan fingerprint density at radius 3 is 2.26 bits per heavy atom. The molecule has 5 nitrogen and oxygen atoms in total. The summed E-state index contributed by atoms with van der Waals surface area (Å²) in [5.41, 5.74) is 1.74. The SMILES string of the molecule is C[C@H]1C[C@H](C)C[NH+](CC(=O)Nc2ccccc2C(=O)Nc2ccccc2)C1. The molecule has 0 radical (unpaired) electrons. The van der Waals surface area contributed by atoms with Gasteiger partial charge >= 0.3 is 0 Å². The van der Waals surface area contributed by atoms with Crippen molar-refractivity contribution in [1.29, 1.82) is 0 Å². The van der Waals surface area contributed by atoms with E-state index in [1.807, 2.05) is 36.4 Å². The molecule has 5 heteroatoms. The van der Waals surface area contributed by atoms with Crippen molar-refractivity contribution < 1.29 is 14.5 Å². The topological polar surface area (TPSA) is 62.6 Å². The maximum absolute atomic E-state index is 12.6. The standard InChI is InChI=1S/C22H27N3O2/c1-16-12-17(2)14-25(13-16)15-21(26)24-20-11-7-6-10-19(20)22(27)23-18-8-4-3-5-9-18/h3-11,16-17H,12-15H2,1-2H3,(H,23,27)(H,24,26)/p+1/t16-,17-/m0/s1. The Morgan fingerprint density at radius 1 is 0.926 bits per heavy atom. The lowest BCUT2D eigenvalue weighted by molar-refractivity contribution is -0.904. The first-order valence-electron chi connectivity index (χ1n) is 9.60. The van der Waals surface area contributed by atoms with E-state index in [4.69, 9.17) is 0 Å². The van der Waals surface area contributed by atoms with E-state index in [0.717, 1.165) is 18.8 Å². The van der Waals surface area contributed by atoms with Gasteiger partial charge < -0.3 is 15.5 Å². The second kappa shape index (κ2) is 8.82. The second-order valence-electron chi connectivity index (χ2n) is 7.69. The van der Waals surface area contributed by atoms with Gasteiger partial charge in [-0.1, -0.05) is 44.2 Å². The number of carbonyl (C=O) groups is 2. The molecule has 1 heterocycles. The highest BCUT2D eigenvalue weighted by Gasteiger charge is 2.27. The maximum atomic E-state index is 12.6. The van der Waals surface area contributed by atoms with Gasteiger partial charge in [0.2, 0.25) is 0 Å². The van der Waals surface area contributed by atoms with Crippen molar-refractivity contribution in [2.75, 3.05) is 30.3 Å². The third-order valence-corrected chi connectivity index (χ3v) is 4.97. The van der Waals surface area contributed by atoms with Crippen LogP contribution in [-0.4, -0.2) is 31.4 Å². The van der Waals surface area contributed by atoms with Gasteiger partial charge in [0.1, 0.15) is 0 Å². The summed E-state index contributed by atoms with van der Waals surface area (Å²) in [7, 11) is 0. The molecule has 0 saturated carbocycles. The zero-order valence-electron chi connectivity index (χ0n) is 16.0. The van der Waals surface area contributed by atoms with Crippen molar-refractivity contribution >= 4 is 23.2 Å². The third kappa shape index (κ3) is 5.41. The van der Waals surface area contributed by atoms with Crippen molar-refractivity contribution in [2.45, 2.75) is 20.3 Å². The molecule has 3 rings (SSSR count). The first-order chi connectivity index (χ1) is 13.0. The Labute approximate surface area is 160 Å². The number of amides is 2. The first-order valence-corrected chi connectivity index (χ1v) is 9.60. The lowest BCUT2D eigenvalue weighted by Gasteiger charge is -2.31. The zero-order chi connectivity index (χ0) is 19.2. The average Bonchev–Trinajstić information content (AvgIpc) is 2.62. The molecule has 2 amide bonds. The van der Waals surface area contributed by atoms with Crippen LogP contribution in [0, 0.1) is 11.8 Å². The van der Waals surface area contributed by atoms with Crippen LogP contribution >= 0.6 is 0 Å². The first kappa shape index (κ1) is 19.1. The largest absolute Gasteiger partial charge is 0.327 e. The van der Waals surface area contributed by atoms with Crippen molar-refractivity contribution in [3.63, 3.8) is 0 Å². The van der Waals surface area contributed by atoms with Crippen LogP contribution in [0.5, 0.6) is 0 Å². The molecule has 0 aromatic heterocycles. The minimum Gasteiger partial charge on any atom is -0.327 e. The lowest BCUT2D eigenvalue weighted by Crippen LogP contribution is -3.15. The molecular weight excluding hydrogens is 338 g/mol. The number of anilines is 2. The summed E-state index contributed by atoms with van der Waals surface area (Å²) in [4.78, 5) is 26.5. The highest BCUT2D eigenvalue weighted by atomic mass is 16.2. The summed E-state index contributed by atoms with van der Waals surface area (Å²) in [6.07, 6.45) is 1.23. The van der Waals surface area contributed by atoms with E-state index in [1.165, 1.54) is 11.3 Å². The summed E-state index contributed by atoms with van der Waals surface area (Å²) >= 11 is 0. The van der Waals surface area contributed by atoms with Crippen LogP contribution in [-0.2, 0) is 4.79 Å². The van der Waals surface area contributed by atoms with E-state index >= 15 is 0 Å². The van der Waals surface area contributed by atoms with Crippen molar-refractivity contribution in [2.24, 2.45) is 11.8 Å². The number of carbonyl (C=O) groups excluding carboxylic acids is 2. The van der Waals surface area contributed by atoms with Gasteiger partial charge in [-0.2, -0.15) is 0 Å². The monoisotopic (exact) mass is 366 g/mol. The van der Waals surface area contributed by atoms with E-state index in [-0.39, 0.29) is 11.8 Å². The fourth-order valence-electron chi connectivity index (χ4n) is 4.00. The summed E-state index contributed by atoms with van der Waals surface area (Å²) in [6.45, 7) is 6.97.